The lowest BCUT2D eigenvalue weighted by molar-refractivity contribution is 0.103. The molecule has 0 radical (unpaired) electrons. The van der Waals surface area contributed by atoms with Gasteiger partial charge >= 0.3 is 0 Å². The Morgan fingerprint density at radius 1 is 1.36 bits per heavy atom. The third-order valence-electron chi connectivity index (χ3n) is 3.78. The Morgan fingerprint density at radius 2 is 2.04 bits per heavy atom. The molecule has 0 saturated carbocycles. The van der Waals surface area contributed by atoms with Crippen LogP contribution in [0.5, 0.6) is 0 Å². The molecular formula is C17H14BrN5OS. The molecule has 8 heteroatoms. The van der Waals surface area contributed by atoms with E-state index in [0.29, 0.717) is 38.5 Å². The lowest BCUT2D eigenvalue weighted by Gasteiger charge is -2.07. The highest BCUT2D eigenvalue weighted by atomic mass is 79.9. The molecule has 5 N–H and O–H groups in total. The Labute approximate surface area is 156 Å². The number of halogens is 1. The fourth-order valence-electron chi connectivity index (χ4n) is 2.61. The summed E-state index contributed by atoms with van der Waals surface area (Å²) >= 11 is 4.52. The summed E-state index contributed by atoms with van der Waals surface area (Å²) in [4.78, 5) is 17.8. The number of nitrogens with two attached hydrogens (primary N) is 2. The van der Waals surface area contributed by atoms with Crippen LogP contribution >= 0.6 is 27.3 Å². The van der Waals surface area contributed by atoms with Crippen molar-refractivity contribution in [1.82, 2.24) is 4.98 Å². The number of carbonyl (C=O) groups excluding carboxylic acids is 1. The number of amides is 1. The Balaban J connectivity index is 2.08. The maximum absolute atomic E-state index is 12.6. The van der Waals surface area contributed by atoms with Gasteiger partial charge in [-0.15, -0.1) is 11.3 Å². The van der Waals surface area contributed by atoms with E-state index in [9.17, 15) is 10.1 Å². The number of aromatic nitrogens is 1. The Hall–Kier alpha value is -2.63. The maximum atomic E-state index is 12.6. The standard InChI is InChI=1S/C17H14BrN5OS/c1-2-10-11(7-19)15(21)23-17-12(10)13(20)14(25-17)16(24)22-9-5-3-8(18)4-6-9/h3-6H,2,20H2,1H3,(H2,21,23)(H,22,24). The van der Waals surface area contributed by atoms with E-state index in [1.807, 2.05) is 19.1 Å². The van der Waals surface area contributed by atoms with E-state index in [4.69, 9.17) is 11.5 Å². The molecule has 126 valence electrons. The van der Waals surface area contributed by atoms with Crippen molar-refractivity contribution in [3.8, 4) is 6.07 Å². The number of nitriles is 1. The molecule has 0 aliphatic rings. The predicted octanol–water partition coefficient (Wildman–Crippen LogP) is 3.91. The molecule has 0 unspecified atom stereocenters. The number of hydrogen-bond acceptors (Lipinski definition) is 6. The second-order valence-corrected chi connectivity index (χ2v) is 7.22. The number of benzene rings is 1. The number of aryl methyl sites for hydroxylation is 1. The van der Waals surface area contributed by atoms with Crippen LogP contribution in [0.4, 0.5) is 17.2 Å². The number of nitrogens with one attached hydrogen (secondary N) is 1. The van der Waals surface area contributed by atoms with Gasteiger partial charge in [-0.05, 0) is 36.2 Å². The number of rotatable bonds is 3. The van der Waals surface area contributed by atoms with E-state index >= 15 is 0 Å². The van der Waals surface area contributed by atoms with Crippen LogP contribution in [-0.2, 0) is 6.42 Å². The lowest BCUT2D eigenvalue weighted by atomic mass is 10.0. The lowest BCUT2D eigenvalue weighted by Crippen LogP contribution is -2.12. The summed E-state index contributed by atoms with van der Waals surface area (Å²) in [7, 11) is 0. The molecule has 2 heterocycles. The summed E-state index contributed by atoms with van der Waals surface area (Å²) in [6.45, 7) is 1.91. The van der Waals surface area contributed by atoms with Gasteiger partial charge in [0.25, 0.3) is 5.91 Å². The molecule has 0 aliphatic heterocycles. The summed E-state index contributed by atoms with van der Waals surface area (Å²) < 4.78 is 0.920. The molecule has 1 aromatic carbocycles. The molecule has 0 aliphatic carbocycles. The zero-order valence-electron chi connectivity index (χ0n) is 13.3. The average molecular weight is 416 g/mol. The normalized spacial score (nSPS) is 10.6. The Morgan fingerprint density at radius 3 is 2.64 bits per heavy atom. The van der Waals surface area contributed by atoms with Gasteiger partial charge in [0.1, 0.15) is 21.6 Å². The number of nitrogens with zero attached hydrogens (tertiary/aromatic N) is 2. The third kappa shape index (κ3) is 3.04. The minimum absolute atomic E-state index is 0.160. The van der Waals surface area contributed by atoms with Crippen LogP contribution in [0.2, 0.25) is 0 Å². The van der Waals surface area contributed by atoms with Gasteiger partial charge < -0.3 is 16.8 Å². The fraction of sp³-hybridized carbons (Fsp3) is 0.118. The second kappa shape index (κ2) is 6.70. The van der Waals surface area contributed by atoms with Gasteiger partial charge in [-0.25, -0.2) is 4.98 Å². The van der Waals surface area contributed by atoms with Gasteiger partial charge in [0, 0.05) is 15.5 Å². The first-order valence-electron chi connectivity index (χ1n) is 7.43. The number of hydrogen-bond donors (Lipinski definition) is 3. The fourth-order valence-corrected chi connectivity index (χ4v) is 3.91. The minimum Gasteiger partial charge on any atom is -0.397 e. The quantitative estimate of drug-likeness (QED) is 0.598. The van der Waals surface area contributed by atoms with E-state index in [2.05, 4.69) is 32.3 Å². The topological polar surface area (TPSA) is 118 Å². The van der Waals surface area contributed by atoms with Crippen LogP contribution in [0.3, 0.4) is 0 Å². The number of nitrogen functional groups attached to an aromatic ring is 2. The van der Waals surface area contributed by atoms with Crippen LogP contribution in [0.25, 0.3) is 10.2 Å². The largest absolute Gasteiger partial charge is 0.397 e. The summed E-state index contributed by atoms with van der Waals surface area (Å²) in [5.74, 6) is -0.157. The first-order chi connectivity index (χ1) is 12.0. The van der Waals surface area contributed by atoms with Crippen molar-refractivity contribution in [2.45, 2.75) is 13.3 Å². The number of pyridine rings is 1. The number of thiophene rings is 1. The minimum atomic E-state index is -0.318. The van der Waals surface area contributed by atoms with Gasteiger partial charge in [-0.2, -0.15) is 5.26 Å². The molecule has 3 rings (SSSR count). The van der Waals surface area contributed by atoms with Crippen molar-refractivity contribution in [3.05, 3.63) is 44.7 Å². The van der Waals surface area contributed by atoms with Gasteiger partial charge in [0.15, 0.2) is 0 Å². The zero-order valence-corrected chi connectivity index (χ0v) is 15.7. The Bertz CT molecular complexity index is 1020. The molecule has 6 nitrogen and oxygen atoms in total. The van der Waals surface area contributed by atoms with Crippen molar-refractivity contribution in [1.29, 1.82) is 5.26 Å². The highest BCUT2D eigenvalue weighted by molar-refractivity contribution is 9.10. The van der Waals surface area contributed by atoms with Crippen LogP contribution in [-0.4, -0.2) is 10.9 Å². The van der Waals surface area contributed by atoms with Crippen molar-refractivity contribution >= 4 is 60.6 Å². The van der Waals surface area contributed by atoms with Gasteiger partial charge in [-0.3, -0.25) is 4.79 Å². The molecule has 3 aromatic rings. The second-order valence-electron chi connectivity index (χ2n) is 5.30. The summed E-state index contributed by atoms with van der Waals surface area (Å²) in [5, 5.41) is 12.8. The molecule has 1 amide bonds. The summed E-state index contributed by atoms with van der Waals surface area (Å²) in [6.07, 6.45) is 0.570. The van der Waals surface area contributed by atoms with Crippen LogP contribution in [0.15, 0.2) is 28.7 Å². The maximum Gasteiger partial charge on any atom is 0.267 e. The van der Waals surface area contributed by atoms with Crippen molar-refractivity contribution in [3.63, 3.8) is 0 Å². The van der Waals surface area contributed by atoms with Gasteiger partial charge in [0.05, 0.1) is 11.3 Å². The van der Waals surface area contributed by atoms with E-state index in [1.165, 1.54) is 11.3 Å². The third-order valence-corrected chi connectivity index (χ3v) is 5.41. The molecule has 2 aromatic heterocycles. The predicted molar refractivity (Wildman–Crippen MR) is 105 cm³/mol. The zero-order chi connectivity index (χ0) is 18.1. The van der Waals surface area contributed by atoms with Gasteiger partial charge in [0.2, 0.25) is 0 Å². The number of fused-ring (bicyclic) bond motifs is 1. The van der Waals surface area contributed by atoms with Crippen molar-refractivity contribution in [2.75, 3.05) is 16.8 Å². The van der Waals surface area contributed by atoms with Crippen molar-refractivity contribution in [2.24, 2.45) is 0 Å². The molecular weight excluding hydrogens is 402 g/mol. The smallest absolute Gasteiger partial charge is 0.267 e. The first kappa shape index (κ1) is 17.2. The average Bonchev–Trinajstić information content (AvgIpc) is 2.92. The van der Waals surface area contributed by atoms with Crippen LogP contribution in [0, 0.1) is 11.3 Å². The first-order valence-corrected chi connectivity index (χ1v) is 9.04. The molecule has 0 atom stereocenters. The van der Waals surface area contributed by atoms with E-state index in [1.54, 1.807) is 12.1 Å². The van der Waals surface area contributed by atoms with E-state index in [0.717, 1.165) is 10.0 Å². The monoisotopic (exact) mass is 415 g/mol. The molecule has 0 saturated heterocycles. The SMILES string of the molecule is CCc1c(C#N)c(N)nc2sc(C(=O)Nc3ccc(Br)cc3)c(N)c12. The number of carbonyl (C=O) groups is 1. The van der Waals surface area contributed by atoms with Crippen molar-refractivity contribution < 1.29 is 4.79 Å². The van der Waals surface area contributed by atoms with Crippen LogP contribution in [0.1, 0.15) is 27.7 Å². The highest BCUT2D eigenvalue weighted by Gasteiger charge is 2.22. The molecule has 0 bridgehead atoms. The number of anilines is 3. The summed E-state index contributed by atoms with van der Waals surface area (Å²) in [5.41, 5.74) is 14.1. The molecule has 0 spiro atoms. The van der Waals surface area contributed by atoms with E-state index in [-0.39, 0.29) is 11.7 Å². The highest BCUT2D eigenvalue weighted by Crippen LogP contribution is 2.38. The summed E-state index contributed by atoms with van der Waals surface area (Å²) in [6, 6.07) is 9.31. The van der Waals surface area contributed by atoms with Crippen LogP contribution < -0.4 is 16.8 Å². The Kier molecular flexibility index (Phi) is 4.61. The van der Waals surface area contributed by atoms with Gasteiger partial charge in [-0.1, -0.05) is 22.9 Å². The van der Waals surface area contributed by atoms with E-state index < -0.39 is 0 Å². The molecule has 0 fully saturated rings. The molecule has 25 heavy (non-hydrogen) atoms.